The van der Waals surface area contributed by atoms with Gasteiger partial charge in [0.05, 0.1) is 0 Å². The van der Waals surface area contributed by atoms with Crippen LogP contribution in [0.2, 0.25) is 0 Å². The molecule has 1 aromatic rings. The number of carbonyl (C=O) groups is 2. The highest BCUT2D eigenvalue weighted by Crippen LogP contribution is 2.25. The fraction of sp³-hybridized carbons (Fsp3) is 0.529. The molecule has 3 N–H and O–H groups in total. The molecule has 0 aliphatic carbocycles. The number of primary amides is 1. The van der Waals surface area contributed by atoms with Gasteiger partial charge in [-0.2, -0.15) is 0 Å². The minimum atomic E-state index is -0.627. The molecule has 1 aromatic carbocycles. The third kappa shape index (κ3) is 4.61. The summed E-state index contributed by atoms with van der Waals surface area (Å²) in [5.74, 6) is -0.391. The molecule has 132 valence electrons. The maximum atomic E-state index is 12.1. The molecule has 0 bridgehead atoms. The molecule has 0 radical (unpaired) electrons. The lowest BCUT2D eigenvalue weighted by atomic mass is 10.0. The van der Waals surface area contributed by atoms with Crippen molar-refractivity contribution in [2.24, 2.45) is 5.73 Å². The lowest BCUT2D eigenvalue weighted by molar-refractivity contribution is -0.124. The molecule has 2 amide bonds. The van der Waals surface area contributed by atoms with Gasteiger partial charge in [0.1, 0.15) is 17.4 Å². The summed E-state index contributed by atoms with van der Waals surface area (Å²) < 4.78 is 5.36. The summed E-state index contributed by atoms with van der Waals surface area (Å²) in [5, 5.41) is 9.63. The Kier molecular flexibility index (Phi) is 5.33. The van der Waals surface area contributed by atoms with Crippen LogP contribution >= 0.6 is 0 Å². The number of ether oxygens (including phenoxy) is 1. The Morgan fingerprint density at radius 2 is 1.83 bits per heavy atom. The number of piperazine rings is 1. The molecule has 0 saturated carbocycles. The Morgan fingerprint density at radius 3 is 2.33 bits per heavy atom. The first-order chi connectivity index (χ1) is 11.2. The molecule has 0 spiro atoms. The molecular formula is C17H25N3O4. The van der Waals surface area contributed by atoms with Gasteiger partial charge in [-0.3, -0.25) is 9.69 Å². The number of aromatic hydroxyl groups is 1. The summed E-state index contributed by atoms with van der Waals surface area (Å²) in [6.45, 7) is 7.39. The van der Waals surface area contributed by atoms with Crippen molar-refractivity contribution >= 4 is 12.0 Å². The van der Waals surface area contributed by atoms with E-state index in [-0.39, 0.29) is 11.8 Å². The maximum absolute atomic E-state index is 12.1. The number of nitrogens with two attached hydrogens (primary N) is 1. The van der Waals surface area contributed by atoms with E-state index in [1.807, 2.05) is 25.7 Å². The van der Waals surface area contributed by atoms with Gasteiger partial charge in [0, 0.05) is 26.2 Å². The summed E-state index contributed by atoms with van der Waals surface area (Å²) in [6.07, 6.45) is -0.352. The van der Waals surface area contributed by atoms with E-state index in [1.165, 1.54) is 6.07 Å². The lowest BCUT2D eigenvalue weighted by Crippen LogP contribution is -2.52. The zero-order valence-corrected chi connectivity index (χ0v) is 14.4. The van der Waals surface area contributed by atoms with Crippen LogP contribution in [0.5, 0.6) is 5.75 Å². The molecule has 1 fully saturated rings. The van der Waals surface area contributed by atoms with E-state index in [0.717, 1.165) is 0 Å². The Balaban J connectivity index is 2.04. The molecule has 1 saturated heterocycles. The average Bonchev–Trinajstić information content (AvgIpc) is 2.46. The van der Waals surface area contributed by atoms with Crippen molar-refractivity contribution in [3.05, 3.63) is 29.8 Å². The highest BCUT2D eigenvalue weighted by molar-refractivity contribution is 5.81. The number of benzene rings is 1. The normalized spacial score (nSPS) is 17.4. The van der Waals surface area contributed by atoms with Gasteiger partial charge in [-0.1, -0.05) is 12.1 Å². The van der Waals surface area contributed by atoms with Crippen LogP contribution in [0.25, 0.3) is 0 Å². The third-order valence-electron chi connectivity index (χ3n) is 3.79. The highest BCUT2D eigenvalue weighted by Gasteiger charge is 2.32. The number of carbonyl (C=O) groups excluding carboxylic acids is 2. The van der Waals surface area contributed by atoms with Gasteiger partial charge in [-0.25, -0.2) is 4.79 Å². The number of amides is 2. The van der Waals surface area contributed by atoms with Gasteiger partial charge in [-0.05, 0) is 38.5 Å². The molecule has 1 heterocycles. The Labute approximate surface area is 142 Å². The zero-order valence-electron chi connectivity index (χ0n) is 14.4. The van der Waals surface area contributed by atoms with Crippen LogP contribution in [0, 0.1) is 0 Å². The van der Waals surface area contributed by atoms with Gasteiger partial charge in [0.25, 0.3) is 0 Å². The maximum Gasteiger partial charge on any atom is 0.410 e. The van der Waals surface area contributed by atoms with Crippen LogP contribution < -0.4 is 5.73 Å². The summed E-state index contributed by atoms with van der Waals surface area (Å²) in [5.41, 5.74) is 5.67. The number of phenolic OH excluding ortho intramolecular Hbond substituents is 1. The summed E-state index contributed by atoms with van der Waals surface area (Å²) >= 11 is 0. The van der Waals surface area contributed by atoms with Crippen molar-refractivity contribution in [1.29, 1.82) is 0 Å². The van der Waals surface area contributed by atoms with Crippen molar-refractivity contribution in [2.45, 2.75) is 32.4 Å². The fourth-order valence-electron chi connectivity index (χ4n) is 2.74. The van der Waals surface area contributed by atoms with Crippen molar-refractivity contribution in [1.82, 2.24) is 9.80 Å². The SMILES string of the molecule is CC(C)(C)OC(=O)N1CCN(C(C(N)=O)c2cccc(O)c2)CC1. The highest BCUT2D eigenvalue weighted by atomic mass is 16.6. The fourth-order valence-corrected chi connectivity index (χ4v) is 2.74. The van der Waals surface area contributed by atoms with E-state index in [2.05, 4.69) is 0 Å². The zero-order chi connectivity index (χ0) is 17.9. The van der Waals surface area contributed by atoms with E-state index >= 15 is 0 Å². The van der Waals surface area contributed by atoms with E-state index in [9.17, 15) is 14.7 Å². The molecule has 24 heavy (non-hydrogen) atoms. The largest absolute Gasteiger partial charge is 0.508 e. The van der Waals surface area contributed by atoms with E-state index in [0.29, 0.717) is 31.7 Å². The van der Waals surface area contributed by atoms with Crippen LogP contribution in [-0.4, -0.2) is 58.7 Å². The molecule has 7 heteroatoms. The van der Waals surface area contributed by atoms with Crippen molar-refractivity contribution in [3.8, 4) is 5.75 Å². The number of hydrogen-bond donors (Lipinski definition) is 2. The Bertz CT molecular complexity index is 604. The number of rotatable bonds is 3. The Morgan fingerprint density at radius 1 is 1.21 bits per heavy atom. The standard InChI is InChI=1S/C17H25N3O4/c1-17(2,3)24-16(23)20-9-7-19(8-10-20)14(15(18)22)12-5-4-6-13(21)11-12/h4-6,11,14,21H,7-10H2,1-3H3,(H2,18,22). The van der Waals surface area contributed by atoms with E-state index in [1.54, 1.807) is 23.1 Å². The second-order valence-corrected chi connectivity index (χ2v) is 6.90. The van der Waals surface area contributed by atoms with Crippen molar-refractivity contribution in [2.75, 3.05) is 26.2 Å². The quantitative estimate of drug-likeness (QED) is 0.872. The van der Waals surface area contributed by atoms with E-state index in [4.69, 9.17) is 10.5 Å². The lowest BCUT2D eigenvalue weighted by Gasteiger charge is -2.38. The smallest absolute Gasteiger partial charge is 0.410 e. The molecule has 1 atom stereocenters. The summed E-state index contributed by atoms with van der Waals surface area (Å²) in [6, 6.07) is 5.89. The molecule has 1 aliphatic heterocycles. The minimum absolute atomic E-state index is 0.0890. The first-order valence-corrected chi connectivity index (χ1v) is 7.97. The molecular weight excluding hydrogens is 310 g/mol. The molecule has 0 aromatic heterocycles. The first-order valence-electron chi connectivity index (χ1n) is 7.97. The van der Waals surface area contributed by atoms with Gasteiger partial charge in [0.2, 0.25) is 5.91 Å². The van der Waals surface area contributed by atoms with Crippen LogP contribution in [0.15, 0.2) is 24.3 Å². The number of nitrogens with zero attached hydrogens (tertiary/aromatic N) is 2. The monoisotopic (exact) mass is 335 g/mol. The Hall–Kier alpha value is -2.28. The minimum Gasteiger partial charge on any atom is -0.508 e. The average molecular weight is 335 g/mol. The van der Waals surface area contributed by atoms with Crippen LogP contribution in [-0.2, 0) is 9.53 Å². The van der Waals surface area contributed by atoms with Crippen LogP contribution in [0.3, 0.4) is 0 Å². The molecule has 1 unspecified atom stereocenters. The van der Waals surface area contributed by atoms with Crippen LogP contribution in [0.4, 0.5) is 4.79 Å². The second kappa shape index (κ2) is 7.09. The second-order valence-electron chi connectivity index (χ2n) is 6.90. The van der Waals surface area contributed by atoms with Gasteiger partial charge < -0.3 is 20.5 Å². The summed E-state index contributed by atoms with van der Waals surface area (Å²) in [4.78, 5) is 27.5. The number of phenols is 1. The summed E-state index contributed by atoms with van der Waals surface area (Å²) in [7, 11) is 0. The third-order valence-corrected chi connectivity index (χ3v) is 3.79. The molecule has 2 rings (SSSR count). The van der Waals surface area contributed by atoms with Gasteiger partial charge in [-0.15, -0.1) is 0 Å². The topological polar surface area (TPSA) is 96.1 Å². The van der Waals surface area contributed by atoms with E-state index < -0.39 is 17.6 Å². The first kappa shape index (κ1) is 18.1. The van der Waals surface area contributed by atoms with Gasteiger partial charge >= 0.3 is 6.09 Å². The van der Waals surface area contributed by atoms with Crippen molar-refractivity contribution < 1.29 is 19.4 Å². The number of hydrogen-bond acceptors (Lipinski definition) is 5. The van der Waals surface area contributed by atoms with Gasteiger partial charge in [0.15, 0.2) is 0 Å². The van der Waals surface area contributed by atoms with Crippen molar-refractivity contribution in [3.63, 3.8) is 0 Å². The molecule has 1 aliphatic rings. The predicted octanol–water partition coefficient (Wildman–Crippen LogP) is 1.47. The van der Waals surface area contributed by atoms with Crippen LogP contribution in [0.1, 0.15) is 32.4 Å². The molecule has 7 nitrogen and oxygen atoms in total. The predicted molar refractivity (Wildman–Crippen MR) is 89.4 cm³/mol.